The van der Waals surface area contributed by atoms with Crippen LogP contribution in [0.25, 0.3) is 10.1 Å². The van der Waals surface area contributed by atoms with Gasteiger partial charge >= 0.3 is 0 Å². The van der Waals surface area contributed by atoms with Gasteiger partial charge in [0.25, 0.3) is 0 Å². The lowest BCUT2D eigenvalue weighted by Gasteiger charge is -2.15. The zero-order chi connectivity index (χ0) is 23.7. The van der Waals surface area contributed by atoms with Crippen LogP contribution >= 0.6 is 22.9 Å². The van der Waals surface area contributed by atoms with Gasteiger partial charge in [-0.2, -0.15) is 0 Å². The number of likely N-dealkylation sites (tertiary alicyclic amines) is 1. The molecule has 4 nitrogen and oxygen atoms in total. The summed E-state index contributed by atoms with van der Waals surface area (Å²) in [5, 5.41) is 11.3. The number of thiophene rings is 1. The first-order valence-electron chi connectivity index (χ1n) is 11.5. The van der Waals surface area contributed by atoms with Crippen LogP contribution in [0.5, 0.6) is 17.2 Å². The highest BCUT2D eigenvalue weighted by atomic mass is 35.5. The number of hydrogen-bond donors (Lipinski definition) is 1. The Kier molecular flexibility index (Phi) is 6.59. The van der Waals surface area contributed by atoms with Crippen molar-refractivity contribution in [2.75, 3.05) is 19.6 Å². The van der Waals surface area contributed by atoms with Crippen LogP contribution in [-0.2, 0) is 6.42 Å². The maximum Gasteiger partial charge on any atom is 0.206 e. The second-order valence-corrected chi connectivity index (χ2v) is 10.5. The van der Waals surface area contributed by atoms with Crippen molar-refractivity contribution in [2.24, 2.45) is 5.92 Å². The van der Waals surface area contributed by atoms with Gasteiger partial charge in [-0.05, 0) is 85.5 Å². The second-order valence-electron chi connectivity index (χ2n) is 8.97. The van der Waals surface area contributed by atoms with Crippen molar-refractivity contribution < 1.29 is 14.6 Å². The minimum Gasteiger partial charge on any atom is -0.508 e. The molecule has 1 aliphatic heterocycles. The smallest absolute Gasteiger partial charge is 0.206 e. The summed E-state index contributed by atoms with van der Waals surface area (Å²) in [5.74, 6) is 2.00. The molecule has 34 heavy (non-hydrogen) atoms. The number of rotatable bonds is 7. The zero-order valence-electron chi connectivity index (χ0n) is 19.0. The molecule has 5 rings (SSSR count). The van der Waals surface area contributed by atoms with E-state index in [2.05, 4.69) is 24.0 Å². The maximum atomic E-state index is 13.3. The van der Waals surface area contributed by atoms with E-state index in [-0.39, 0.29) is 11.5 Å². The van der Waals surface area contributed by atoms with Crippen molar-refractivity contribution in [2.45, 2.75) is 19.8 Å². The topological polar surface area (TPSA) is 49.8 Å². The highest BCUT2D eigenvalue weighted by Gasteiger charge is 2.22. The van der Waals surface area contributed by atoms with E-state index in [1.807, 2.05) is 12.1 Å². The molecule has 3 aromatic carbocycles. The van der Waals surface area contributed by atoms with Crippen molar-refractivity contribution in [1.82, 2.24) is 4.90 Å². The molecule has 0 radical (unpaired) electrons. The number of phenols is 1. The Bertz CT molecular complexity index is 1310. The fourth-order valence-corrected chi connectivity index (χ4v) is 5.65. The van der Waals surface area contributed by atoms with Gasteiger partial charge in [-0.1, -0.05) is 30.7 Å². The maximum absolute atomic E-state index is 13.3. The van der Waals surface area contributed by atoms with Crippen LogP contribution in [0.2, 0.25) is 5.02 Å². The molecule has 1 fully saturated rings. The van der Waals surface area contributed by atoms with Gasteiger partial charge in [-0.25, -0.2) is 0 Å². The molecule has 2 heterocycles. The summed E-state index contributed by atoms with van der Waals surface area (Å²) < 4.78 is 7.08. The Hall–Kier alpha value is -2.86. The number of benzene rings is 3. The Labute approximate surface area is 208 Å². The molecule has 4 aromatic rings. The fraction of sp³-hybridized carbons (Fsp3) is 0.250. The molecule has 1 aromatic heterocycles. The molecule has 0 spiro atoms. The predicted octanol–water partition coefficient (Wildman–Crippen LogP) is 7.17. The average Bonchev–Trinajstić information content (AvgIpc) is 3.41. The van der Waals surface area contributed by atoms with Crippen molar-refractivity contribution in [3.63, 3.8) is 0 Å². The highest BCUT2D eigenvalue weighted by Crippen LogP contribution is 2.42. The SMILES string of the molecule is C[C@H]1CCN(CCc2ccc(Oc3c(C(=O)c4ccc(Cl)cc4)sc4cc(O)ccc34)cc2)C1. The first-order valence-corrected chi connectivity index (χ1v) is 12.7. The van der Waals surface area contributed by atoms with Crippen molar-refractivity contribution in [3.8, 4) is 17.2 Å². The molecule has 0 amide bonds. The molecule has 0 aliphatic carbocycles. The van der Waals surface area contributed by atoms with Gasteiger partial charge in [-0.15, -0.1) is 11.3 Å². The van der Waals surface area contributed by atoms with Crippen LogP contribution in [0.4, 0.5) is 0 Å². The number of phenolic OH excluding ortho intramolecular Hbond substituents is 1. The van der Waals surface area contributed by atoms with E-state index in [1.54, 1.807) is 42.5 Å². The van der Waals surface area contributed by atoms with Crippen LogP contribution in [0.1, 0.15) is 34.1 Å². The van der Waals surface area contributed by atoms with E-state index in [4.69, 9.17) is 16.3 Å². The number of carbonyl (C=O) groups excluding carboxylic acids is 1. The number of ether oxygens (including phenoxy) is 1. The summed E-state index contributed by atoms with van der Waals surface area (Å²) in [5.41, 5.74) is 1.81. The third-order valence-corrected chi connectivity index (χ3v) is 7.69. The quantitative estimate of drug-likeness (QED) is 0.278. The van der Waals surface area contributed by atoms with Gasteiger partial charge in [0, 0.05) is 33.8 Å². The van der Waals surface area contributed by atoms with Gasteiger partial charge in [0.2, 0.25) is 5.78 Å². The third kappa shape index (κ3) is 4.97. The van der Waals surface area contributed by atoms with E-state index in [1.165, 1.54) is 36.4 Å². The molecule has 0 bridgehead atoms. The number of aromatic hydroxyl groups is 1. The van der Waals surface area contributed by atoms with Crippen LogP contribution < -0.4 is 4.74 Å². The Morgan fingerprint density at radius 2 is 1.88 bits per heavy atom. The zero-order valence-corrected chi connectivity index (χ0v) is 20.5. The lowest BCUT2D eigenvalue weighted by Crippen LogP contribution is -2.22. The number of ketones is 1. The molecule has 1 atom stereocenters. The molecule has 6 heteroatoms. The van der Waals surface area contributed by atoms with Crippen molar-refractivity contribution in [3.05, 3.63) is 87.8 Å². The number of fused-ring (bicyclic) bond motifs is 1. The lowest BCUT2D eigenvalue weighted by atomic mass is 10.1. The van der Waals surface area contributed by atoms with Crippen LogP contribution in [-0.4, -0.2) is 35.4 Å². The van der Waals surface area contributed by atoms with Crippen molar-refractivity contribution in [1.29, 1.82) is 0 Å². The number of hydrogen-bond acceptors (Lipinski definition) is 5. The lowest BCUT2D eigenvalue weighted by molar-refractivity contribution is 0.104. The summed E-state index contributed by atoms with van der Waals surface area (Å²) in [6, 6.07) is 20.0. The molecule has 1 aliphatic rings. The second kappa shape index (κ2) is 9.79. The molecule has 1 saturated heterocycles. The minimum atomic E-state index is -0.135. The summed E-state index contributed by atoms with van der Waals surface area (Å²) >= 11 is 7.31. The largest absolute Gasteiger partial charge is 0.508 e. The summed E-state index contributed by atoms with van der Waals surface area (Å²) in [6.07, 6.45) is 2.30. The summed E-state index contributed by atoms with van der Waals surface area (Å²) in [6.45, 7) is 5.76. The third-order valence-electron chi connectivity index (χ3n) is 6.31. The van der Waals surface area contributed by atoms with Gasteiger partial charge in [-0.3, -0.25) is 4.79 Å². The van der Waals surface area contributed by atoms with E-state index < -0.39 is 0 Å². The summed E-state index contributed by atoms with van der Waals surface area (Å²) in [4.78, 5) is 16.4. The molecule has 174 valence electrons. The van der Waals surface area contributed by atoms with E-state index >= 15 is 0 Å². The average molecular weight is 492 g/mol. The normalized spacial score (nSPS) is 16.2. The standard InChI is InChI=1S/C28H26ClNO3S/c1-18-12-14-30(17-18)15-13-19-2-9-23(10-3-19)33-27-24-11-8-22(31)16-25(24)34-28(27)26(32)20-4-6-21(29)7-5-20/h2-11,16,18,31H,12-15,17H2,1H3/t18-/m0/s1. The van der Waals surface area contributed by atoms with Crippen molar-refractivity contribution >= 4 is 38.8 Å². The van der Waals surface area contributed by atoms with Crippen LogP contribution in [0.3, 0.4) is 0 Å². The van der Waals surface area contributed by atoms with Gasteiger partial charge in [0.05, 0.1) is 0 Å². The Morgan fingerprint density at radius 1 is 1.12 bits per heavy atom. The molecular formula is C28H26ClNO3S. The minimum absolute atomic E-state index is 0.135. The molecule has 0 saturated carbocycles. The van der Waals surface area contributed by atoms with Gasteiger partial charge in [0.1, 0.15) is 16.4 Å². The predicted molar refractivity (Wildman–Crippen MR) is 139 cm³/mol. The number of carbonyl (C=O) groups is 1. The molecule has 1 N–H and O–H groups in total. The Balaban J connectivity index is 1.39. The monoisotopic (exact) mass is 491 g/mol. The van der Waals surface area contributed by atoms with Crippen LogP contribution in [0.15, 0.2) is 66.7 Å². The van der Waals surface area contributed by atoms with E-state index in [0.717, 1.165) is 29.0 Å². The van der Waals surface area contributed by atoms with Gasteiger partial charge < -0.3 is 14.7 Å². The van der Waals surface area contributed by atoms with Crippen LogP contribution in [0, 0.1) is 5.92 Å². The fourth-order valence-electron chi connectivity index (χ4n) is 4.40. The first-order chi connectivity index (χ1) is 16.5. The van der Waals surface area contributed by atoms with E-state index in [9.17, 15) is 9.90 Å². The molecule has 0 unspecified atom stereocenters. The first kappa shape index (κ1) is 22.9. The number of halogens is 1. The molecular weight excluding hydrogens is 466 g/mol. The highest BCUT2D eigenvalue weighted by molar-refractivity contribution is 7.21. The van der Waals surface area contributed by atoms with E-state index in [0.29, 0.717) is 27.0 Å². The summed E-state index contributed by atoms with van der Waals surface area (Å²) in [7, 11) is 0. The van der Waals surface area contributed by atoms with Gasteiger partial charge in [0.15, 0.2) is 5.75 Å². The number of nitrogens with zero attached hydrogens (tertiary/aromatic N) is 1. The Morgan fingerprint density at radius 3 is 2.59 bits per heavy atom.